The van der Waals surface area contributed by atoms with E-state index in [-0.39, 0.29) is 5.91 Å². The second kappa shape index (κ2) is 4.82. The van der Waals surface area contributed by atoms with Crippen LogP contribution in [-0.4, -0.2) is 35.3 Å². The molecule has 70 valence electrons. The monoisotopic (exact) mass is 198 g/mol. The third kappa shape index (κ3) is 2.70. The SMILES string of the molecule is CN(CCCl)C(=O)c1ccncc1. The van der Waals surface area contributed by atoms with Crippen molar-refractivity contribution in [2.24, 2.45) is 0 Å². The maximum absolute atomic E-state index is 11.6. The van der Waals surface area contributed by atoms with Gasteiger partial charge in [0.1, 0.15) is 0 Å². The van der Waals surface area contributed by atoms with Crippen molar-refractivity contribution in [2.45, 2.75) is 0 Å². The first kappa shape index (κ1) is 9.99. The molecule has 3 nitrogen and oxygen atoms in total. The summed E-state index contributed by atoms with van der Waals surface area (Å²) in [5.41, 5.74) is 0.641. The summed E-state index contributed by atoms with van der Waals surface area (Å²) < 4.78 is 0. The Morgan fingerprint density at radius 2 is 2.15 bits per heavy atom. The Balaban J connectivity index is 2.68. The molecule has 1 rings (SSSR count). The van der Waals surface area contributed by atoms with Crippen molar-refractivity contribution in [3.8, 4) is 0 Å². The zero-order valence-corrected chi connectivity index (χ0v) is 8.16. The average molecular weight is 199 g/mol. The van der Waals surface area contributed by atoms with E-state index in [2.05, 4.69) is 4.98 Å². The van der Waals surface area contributed by atoms with Gasteiger partial charge in [-0.2, -0.15) is 0 Å². The number of aromatic nitrogens is 1. The zero-order chi connectivity index (χ0) is 9.68. The number of alkyl halides is 1. The van der Waals surface area contributed by atoms with Crippen LogP contribution in [0.25, 0.3) is 0 Å². The van der Waals surface area contributed by atoms with Gasteiger partial charge in [-0.1, -0.05) is 0 Å². The van der Waals surface area contributed by atoms with Gasteiger partial charge in [0, 0.05) is 37.4 Å². The van der Waals surface area contributed by atoms with E-state index in [1.807, 2.05) is 0 Å². The highest BCUT2D eigenvalue weighted by Crippen LogP contribution is 2.01. The molecule has 0 aliphatic heterocycles. The Morgan fingerprint density at radius 1 is 1.54 bits per heavy atom. The molecule has 0 saturated carbocycles. The number of amides is 1. The van der Waals surface area contributed by atoms with Crippen LogP contribution < -0.4 is 0 Å². The molecule has 0 atom stereocenters. The number of rotatable bonds is 3. The zero-order valence-electron chi connectivity index (χ0n) is 7.40. The molecule has 0 fully saturated rings. The summed E-state index contributed by atoms with van der Waals surface area (Å²) in [5.74, 6) is 0.427. The van der Waals surface area contributed by atoms with Crippen LogP contribution in [0.2, 0.25) is 0 Å². The number of nitrogens with zero attached hydrogens (tertiary/aromatic N) is 2. The summed E-state index contributed by atoms with van der Waals surface area (Å²) in [5, 5.41) is 0. The Morgan fingerprint density at radius 3 is 2.69 bits per heavy atom. The van der Waals surface area contributed by atoms with Crippen LogP contribution in [-0.2, 0) is 0 Å². The van der Waals surface area contributed by atoms with Gasteiger partial charge < -0.3 is 4.90 Å². The second-order valence-corrected chi connectivity index (χ2v) is 3.03. The first-order valence-corrected chi connectivity index (χ1v) is 4.50. The molecule has 0 aliphatic carbocycles. The van der Waals surface area contributed by atoms with Gasteiger partial charge in [-0.3, -0.25) is 9.78 Å². The van der Waals surface area contributed by atoms with Crippen molar-refractivity contribution < 1.29 is 4.79 Å². The molecular formula is C9H11ClN2O. The van der Waals surface area contributed by atoms with Gasteiger partial charge in [-0.25, -0.2) is 0 Å². The molecular weight excluding hydrogens is 188 g/mol. The Hall–Kier alpha value is -1.09. The number of pyridine rings is 1. The van der Waals surface area contributed by atoms with E-state index in [1.165, 1.54) is 0 Å². The molecule has 0 saturated heterocycles. The molecule has 0 bridgehead atoms. The molecule has 13 heavy (non-hydrogen) atoms. The fraction of sp³-hybridized carbons (Fsp3) is 0.333. The summed E-state index contributed by atoms with van der Waals surface area (Å²) in [6.07, 6.45) is 3.20. The van der Waals surface area contributed by atoms with Crippen molar-refractivity contribution in [2.75, 3.05) is 19.5 Å². The van der Waals surface area contributed by atoms with E-state index in [9.17, 15) is 4.79 Å². The van der Waals surface area contributed by atoms with Crippen LogP contribution >= 0.6 is 11.6 Å². The van der Waals surface area contributed by atoms with Gasteiger partial charge in [0.25, 0.3) is 5.91 Å². The van der Waals surface area contributed by atoms with Gasteiger partial charge in [0.15, 0.2) is 0 Å². The van der Waals surface area contributed by atoms with Crippen LogP contribution in [0.5, 0.6) is 0 Å². The molecule has 0 spiro atoms. The van der Waals surface area contributed by atoms with E-state index >= 15 is 0 Å². The van der Waals surface area contributed by atoms with Crippen molar-refractivity contribution in [3.05, 3.63) is 30.1 Å². The molecule has 0 aliphatic rings. The molecule has 1 heterocycles. The number of carbonyl (C=O) groups is 1. The predicted octanol–water partition coefficient (Wildman–Crippen LogP) is 1.39. The minimum atomic E-state index is -0.0250. The first-order chi connectivity index (χ1) is 6.25. The summed E-state index contributed by atoms with van der Waals surface area (Å²) in [6, 6.07) is 3.38. The maximum Gasteiger partial charge on any atom is 0.253 e. The lowest BCUT2D eigenvalue weighted by Crippen LogP contribution is -2.28. The minimum absolute atomic E-state index is 0.0250. The third-order valence-corrected chi connectivity index (χ3v) is 1.86. The van der Waals surface area contributed by atoms with Crippen LogP contribution in [0, 0.1) is 0 Å². The highest BCUT2D eigenvalue weighted by atomic mass is 35.5. The normalized spacial score (nSPS) is 9.69. The van der Waals surface area contributed by atoms with Crippen LogP contribution in [0.15, 0.2) is 24.5 Å². The van der Waals surface area contributed by atoms with Gasteiger partial charge in [0.05, 0.1) is 0 Å². The van der Waals surface area contributed by atoms with Crippen LogP contribution in [0.3, 0.4) is 0 Å². The lowest BCUT2D eigenvalue weighted by Gasteiger charge is -2.14. The molecule has 1 aromatic rings. The van der Waals surface area contributed by atoms with Gasteiger partial charge in [-0.15, -0.1) is 11.6 Å². The summed E-state index contributed by atoms with van der Waals surface area (Å²) >= 11 is 5.52. The van der Waals surface area contributed by atoms with E-state index in [0.717, 1.165) is 0 Å². The average Bonchev–Trinajstić information content (AvgIpc) is 2.18. The van der Waals surface area contributed by atoms with Crippen molar-refractivity contribution in [3.63, 3.8) is 0 Å². The Labute approximate surface area is 82.3 Å². The largest absolute Gasteiger partial charge is 0.341 e. The highest BCUT2D eigenvalue weighted by molar-refractivity contribution is 6.18. The quantitative estimate of drug-likeness (QED) is 0.688. The molecule has 1 amide bonds. The van der Waals surface area contributed by atoms with E-state index < -0.39 is 0 Å². The van der Waals surface area contributed by atoms with Crippen LogP contribution in [0.1, 0.15) is 10.4 Å². The highest BCUT2D eigenvalue weighted by Gasteiger charge is 2.09. The molecule has 0 N–H and O–H groups in total. The molecule has 1 aromatic heterocycles. The smallest absolute Gasteiger partial charge is 0.253 e. The topological polar surface area (TPSA) is 33.2 Å². The van der Waals surface area contributed by atoms with E-state index in [4.69, 9.17) is 11.6 Å². The van der Waals surface area contributed by atoms with Gasteiger partial charge >= 0.3 is 0 Å². The van der Waals surface area contributed by atoms with Gasteiger partial charge in [0.2, 0.25) is 0 Å². The molecule has 0 unspecified atom stereocenters. The lowest BCUT2D eigenvalue weighted by atomic mass is 10.2. The molecule has 4 heteroatoms. The summed E-state index contributed by atoms with van der Waals surface area (Å²) in [7, 11) is 1.73. The standard InChI is InChI=1S/C9H11ClN2O/c1-12(7-4-10)9(13)8-2-5-11-6-3-8/h2-3,5-6H,4,7H2,1H3. The number of halogens is 1. The van der Waals surface area contributed by atoms with Crippen molar-refractivity contribution in [1.82, 2.24) is 9.88 Å². The summed E-state index contributed by atoms with van der Waals surface area (Å²) in [6.45, 7) is 0.558. The summed E-state index contributed by atoms with van der Waals surface area (Å²) in [4.78, 5) is 17.0. The van der Waals surface area contributed by atoms with Gasteiger partial charge in [-0.05, 0) is 12.1 Å². The number of carbonyl (C=O) groups excluding carboxylic acids is 1. The number of hydrogen-bond acceptors (Lipinski definition) is 2. The van der Waals surface area contributed by atoms with E-state index in [0.29, 0.717) is 18.0 Å². The van der Waals surface area contributed by atoms with Crippen molar-refractivity contribution >= 4 is 17.5 Å². The number of hydrogen-bond donors (Lipinski definition) is 0. The first-order valence-electron chi connectivity index (χ1n) is 3.97. The van der Waals surface area contributed by atoms with Crippen LogP contribution in [0.4, 0.5) is 0 Å². The fourth-order valence-electron chi connectivity index (χ4n) is 0.943. The van der Waals surface area contributed by atoms with E-state index in [1.54, 1.807) is 36.5 Å². The Bertz CT molecular complexity index is 276. The minimum Gasteiger partial charge on any atom is -0.341 e. The third-order valence-electron chi connectivity index (χ3n) is 1.69. The fourth-order valence-corrected chi connectivity index (χ4v) is 1.20. The Kier molecular flexibility index (Phi) is 3.71. The molecule has 0 aromatic carbocycles. The second-order valence-electron chi connectivity index (χ2n) is 2.65. The maximum atomic E-state index is 11.6. The van der Waals surface area contributed by atoms with Crippen molar-refractivity contribution in [1.29, 1.82) is 0 Å². The molecule has 0 radical (unpaired) electrons. The predicted molar refractivity (Wildman–Crippen MR) is 51.9 cm³/mol. The lowest BCUT2D eigenvalue weighted by molar-refractivity contribution is 0.0803.